The average Bonchev–Trinajstić information content (AvgIpc) is 3.27. The summed E-state index contributed by atoms with van der Waals surface area (Å²) in [6.45, 7) is 5.05. The van der Waals surface area contributed by atoms with Crippen molar-refractivity contribution in [1.29, 1.82) is 0 Å². The molecule has 10 nitrogen and oxygen atoms in total. The van der Waals surface area contributed by atoms with E-state index in [4.69, 9.17) is 20.7 Å². The highest BCUT2D eigenvalue weighted by Gasteiger charge is 2.40. The summed E-state index contributed by atoms with van der Waals surface area (Å²) in [5.74, 6) is 1.95. The van der Waals surface area contributed by atoms with Crippen LogP contribution in [0.3, 0.4) is 0 Å². The largest absolute Gasteiger partial charge is 0.496 e. The van der Waals surface area contributed by atoms with Crippen LogP contribution >= 0.6 is 11.9 Å². The molecule has 11 heteroatoms. The summed E-state index contributed by atoms with van der Waals surface area (Å²) in [7, 11) is 1.66. The molecule has 4 aliphatic rings. The Kier molecular flexibility index (Phi) is 5.38. The number of ether oxygens (including phenoxy) is 1. The van der Waals surface area contributed by atoms with Gasteiger partial charge in [0.05, 0.1) is 24.6 Å². The number of carbonyl (C=O) groups is 1. The lowest BCUT2D eigenvalue weighted by Crippen LogP contribution is -2.43. The van der Waals surface area contributed by atoms with Crippen molar-refractivity contribution in [2.45, 2.75) is 45.3 Å². The maximum atomic E-state index is 12.1. The molecule has 1 aromatic rings. The fourth-order valence-electron chi connectivity index (χ4n) is 4.64. The fourth-order valence-corrected chi connectivity index (χ4v) is 5.42. The van der Waals surface area contributed by atoms with Crippen LogP contribution in [0.2, 0.25) is 0 Å². The second kappa shape index (κ2) is 8.21. The number of carbonyl (C=O) groups excluding carboxylic acids is 1. The van der Waals surface area contributed by atoms with Crippen LogP contribution in [0, 0.1) is 13.8 Å². The Labute approximate surface area is 190 Å². The molecule has 0 spiro atoms. The van der Waals surface area contributed by atoms with Crippen molar-refractivity contribution in [1.82, 2.24) is 20.7 Å². The van der Waals surface area contributed by atoms with Gasteiger partial charge in [-0.1, -0.05) is 0 Å². The van der Waals surface area contributed by atoms with E-state index in [1.807, 2.05) is 13.8 Å². The van der Waals surface area contributed by atoms with Gasteiger partial charge in [-0.05, 0) is 37.8 Å². The lowest BCUT2D eigenvalue weighted by molar-refractivity contribution is -0.120. The van der Waals surface area contributed by atoms with Crippen LogP contribution < -0.4 is 21.1 Å². The Hall–Kier alpha value is -2.92. The third-order valence-electron chi connectivity index (χ3n) is 6.23. The van der Waals surface area contributed by atoms with E-state index in [0.717, 1.165) is 45.8 Å². The van der Waals surface area contributed by atoms with Gasteiger partial charge < -0.3 is 15.8 Å². The quantitative estimate of drug-likeness (QED) is 0.561. The molecular formula is C21H26N8O2S. The lowest BCUT2D eigenvalue weighted by atomic mass is 10.0. The van der Waals surface area contributed by atoms with Crippen molar-refractivity contribution in [3.63, 3.8) is 0 Å². The van der Waals surface area contributed by atoms with Gasteiger partial charge in [0.15, 0.2) is 5.84 Å². The summed E-state index contributed by atoms with van der Waals surface area (Å²) >= 11 is 1.41. The van der Waals surface area contributed by atoms with Crippen molar-refractivity contribution in [2.24, 2.45) is 20.3 Å². The van der Waals surface area contributed by atoms with Crippen LogP contribution in [0.15, 0.2) is 31.9 Å². The number of nitrogens with zero attached hydrogens (tertiary/aromatic N) is 5. The van der Waals surface area contributed by atoms with Crippen molar-refractivity contribution in [3.8, 4) is 5.75 Å². The summed E-state index contributed by atoms with van der Waals surface area (Å²) in [5, 5.41) is 17.6. The number of nitrogens with two attached hydrogens (primary N) is 1. The standard InChI is InChI=1S/C21H26N8O2S/c1-10-7-24-16(11(2)19(10)31-3)8-29-26-15-6-14(25-13-4-5-23-21(13)30)12-9-32-28-20(22)18(27-29)17(12)15/h7,13-14,25H,4-6,8-9H2,1-3H3,(H2,22,28)(H,23,30)/t13-,14?/m0/s1. The molecule has 0 saturated carbocycles. The van der Waals surface area contributed by atoms with E-state index in [0.29, 0.717) is 36.8 Å². The van der Waals surface area contributed by atoms with E-state index in [1.165, 1.54) is 11.9 Å². The van der Waals surface area contributed by atoms with Crippen molar-refractivity contribution in [3.05, 3.63) is 34.2 Å². The fraction of sp³-hybridized carbons (Fsp3) is 0.476. The highest BCUT2D eigenvalue weighted by Crippen LogP contribution is 2.35. The number of amidine groups is 1. The summed E-state index contributed by atoms with van der Waals surface area (Å²) < 4.78 is 9.96. The van der Waals surface area contributed by atoms with E-state index < -0.39 is 0 Å². The minimum absolute atomic E-state index is 0.00989. The van der Waals surface area contributed by atoms with Crippen LogP contribution in [-0.4, -0.2) is 64.8 Å². The first-order valence-corrected chi connectivity index (χ1v) is 11.6. The summed E-state index contributed by atoms with van der Waals surface area (Å²) in [6.07, 6.45) is 3.26. The minimum atomic E-state index is -0.191. The summed E-state index contributed by atoms with van der Waals surface area (Å²) in [4.78, 5) is 16.7. The number of aryl methyl sites for hydroxylation is 1. The van der Waals surface area contributed by atoms with E-state index in [1.54, 1.807) is 18.4 Å². The number of amides is 1. The molecule has 0 aromatic carbocycles. The van der Waals surface area contributed by atoms with Gasteiger partial charge in [-0.15, -0.1) is 0 Å². The van der Waals surface area contributed by atoms with Crippen LogP contribution in [0.25, 0.3) is 0 Å². The topological polar surface area (TPSA) is 130 Å². The lowest BCUT2D eigenvalue weighted by Gasteiger charge is -2.23. The molecule has 1 fully saturated rings. The number of nitrogens with one attached hydrogen (secondary N) is 2. The monoisotopic (exact) mass is 454 g/mol. The molecule has 3 aliphatic heterocycles. The third-order valence-corrected chi connectivity index (χ3v) is 7.00. The molecule has 0 bridgehead atoms. The Morgan fingerprint density at radius 2 is 2.19 bits per heavy atom. The summed E-state index contributed by atoms with van der Waals surface area (Å²) in [6, 6.07) is -0.181. The van der Waals surface area contributed by atoms with Crippen LogP contribution in [0.4, 0.5) is 0 Å². The number of hydrogen-bond acceptors (Lipinski definition) is 10. The Bertz CT molecular complexity index is 1110. The maximum Gasteiger partial charge on any atom is 0.237 e. The third kappa shape index (κ3) is 3.55. The zero-order valence-corrected chi connectivity index (χ0v) is 19.1. The van der Waals surface area contributed by atoms with E-state index >= 15 is 0 Å². The molecule has 4 heterocycles. The highest BCUT2D eigenvalue weighted by molar-refractivity contribution is 7.98. The number of aromatic nitrogens is 1. The molecule has 32 heavy (non-hydrogen) atoms. The zero-order chi connectivity index (χ0) is 22.4. The first kappa shape index (κ1) is 21.0. The first-order valence-electron chi connectivity index (χ1n) is 10.6. The molecular weight excluding hydrogens is 428 g/mol. The molecule has 2 atom stereocenters. The molecule has 168 valence electrons. The number of pyridine rings is 1. The summed E-state index contributed by atoms with van der Waals surface area (Å²) in [5.41, 5.74) is 12.8. The molecule has 1 unspecified atom stereocenters. The highest BCUT2D eigenvalue weighted by atomic mass is 32.2. The molecule has 1 aliphatic carbocycles. The Morgan fingerprint density at radius 3 is 2.94 bits per heavy atom. The van der Waals surface area contributed by atoms with Gasteiger partial charge in [-0.25, -0.2) is 0 Å². The Morgan fingerprint density at radius 1 is 1.34 bits per heavy atom. The number of methoxy groups -OCH3 is 1. The molecule has 5 rings (SSSR count). The van der Waals surface area contributed by atoms with Gasteiger partial charge in [-0.3, -0.25) is 15.1 Å². The van der Waals surface area contributed by atoms with Crippen molar-refractivity contribution >= 4 is 35.1 Å². The van der Waals surface area contributed by atoms with Crippen molar-refractivity contribution < 1.29 is 9.53 Å². The predicted octanol–water partition coefficient (Wildman–Crippen LogP) is 0.801. The van der Waals surface area contributed by atoms with Crippen LogP contribution in [0.1, 0.15) is 29.7 Å². The molecule has 1 aromatic heterocycles. The first-order chi connectivity index (χ1) is 15.5. The van der Waals surface area contributed by atoms with Gasteiger partial charge in [0, 0.05) is 47.7 Å². The van der Waals surface area contributed by atoms with Crippen LogP contribution in [0.5, 0.6) is 5.75 Å². The SMILES string of the molecule is COc1c(C)cnc(CN2N=C3CC(N[C@H]4CCNC4=O)C4=C3C(=N2)C(N)=NSC4)c1C. The molecule has 1 amide bonds. The van der Waals surface area contributed by atoms with Gasteiger partial charge >= 0.3 is 0 Å². The van der Waals surface area contributed by atoms with E-state index in [-0.39, 0.29) is 18.0 Å². The second-order valence-electron chi connectivity index (χ2n) is 8.28. The molecule has 4 N–H and O–H groups in total. The van der Waals surface area contributed by atoms with E-state index in [2.05, 4.69) is 20.0 Å². The second-order valence-corrected chi connectivity index (χ2v) is 9.01. The van der Waals surface area contributed by atoms with Gasteiger partial charge in [0.1, 0.15) is 18.0 Å². The number of rotatable bonds is 5. The maximum absolute atomic E-state index is 12.1. The predicted molar refractivity (Wildman–Crippen MR) is 125 cm³/mol. The average molecular weight is 455 g/mol. The normalized spacial score (nSPS) is 24.5. The smallest absolute Gasteiger partial charge is 0.237 e. The zero-order valence-electron chi connectivity index (χ0n) is 18.3. The number of hydrazone groups is 2. The Balaban J connectivity index is 1.47. The molecule has 0 radical (unpaired) electrons. The van der Waals surface area contributed by atoms with Gasteiger partial charge in [-0.2, -0.15) is 19.7 Å². The van der Waals surface area contributed by atoms with E-state index in [9.17, 15) is 4.79 Å². The van der Waals surface area contributed by atoms with Crippen LogP contribution in [-0.2, 0) is 11.3 Å². The number of hydrogen-bond donors (Lipinski definition) is 3. The molecule has 1 saturated heterocycles. The van der Waals surface area contributed by atoms with Gasteiger partial charge in [0.25, 0.3) is 0 Å². The van der Waals surface area contributed by atoms with Crippen molar-refractivity contribution in [2.75, 3.05) is 19.4 Å². The van der Waals surface area contributed by atoms with Gasteiger partial charge in [0.2, 0.25) is 5.91 Å². The minimum Gasteiger partial charge on any atom is -0.496 e.